The van der Waals surface area contributed by atoms with Gasteiger partial charge >= 0.3 is 0 Å². The van der Waals surface area contributed by atoms with Crippen LogP contribution in [0.1, 0.15) is 419 Å². The van der Waals surface area contributed by atoms with E-state index in [1.165, 1.54) is 361 Å². The van der Waals surface area contributed by atoms with Crippen LogP contribution in [0.3, 0.4) is 0 Å². The molecule has 0 radical (unpaired) electrons. The van der Waals surface area contributed by atoms with Crippen molar-refractivity contribution in [2.45, 2.75) is 471 Å². The SMILES string of the molecule is CC(C)CCCCCCCn1cc[n+](C)c1.CC(C)CCCCCCCn1cc[n+](C)c1.CC(C)CCCCCCCn1cc[n+](C)c1.CC(C)CCCCCCCn1cc[n+](C)c1.CC(C)CCCCCCCn1cc[n+](C)c1.CC(C)CCCCCCCn1cc[n+](C)c1.CC(C)CCCCCCCn1cc[n+](C)c1.CC(C)CCCCCCCn1cc[n+](C)c1.[O-]B([O-])F.[O-]B([O-])F.[O-]B([O-])F.[O-]B([O-])F. The van der Waals surface area contributed by atoms with Crippen LogP contribution in [0.4, 0.5) is 17.3 Å². The summed E-state index contributed by atoms with van der Waals surface area (Å²) in [5.41, 5.74) is 0. The number of aryl methyl sites for hydroxylation is 16. The quantitative estimate of drug-likeness (QED) is 0.0153. The number of unbranched alkanes of at least 4 members (excludes halogenated alkanes) is 32. The molecule has 0 amide bonds. The maximum Gasteiger partial charge on any atom is 0.243 e. The fourth-order valence-corrected chi connectivity index (χ4v) is 16.1. The van der Waals surface area contributed by atoms with Crippen molar-refractivity contribution in [1.82, 2.24) is 36.5 Å². The molecule has 0 aliphatic rings. The lowest BCUT2D eigenvalue weighted by Gasteiger charge is -2.09. The smallest absolute Gasteiger partial charge is 0.243 e. The first-order valence-corrected chi connectivity index (χ1v) is 56.3. The van der Waals surface area contributed by atoms with Crippen LogP contribution in [0.5, 0.6) is 0 Å². The summed E-state index contributed by atoms with van der Waals surface area (Å²) in [5, 5.41) is 66.4. The van der Waals surface area contributed by atoms with E-state index in [-0.39, 0.29) is 0 Å². The van der Waals surface area contributed by atoms with Gasteiger partial charge < -0.3 is 57.5 Å². The van der Waals surface area contributed by atoms with Crippen molar-refractivity contribution < 1.29 is 94.0 Å². The summed E-state index contributed by atoms with van der Waals surface area (Å²) in [6, 6.07) is 0. The third-order valence-corrected chi connectivity index (χ3v) is 24.2. The van der Waals surface area contributed by atoms with Crippen molar-refractivity contribution in [1.29, 1.82) is 0 Å². The number of rotatable bonds is 64. The Bertz CT molecular complexity index is 3180. The lowest BCUT2D eigenvalue weighted by molar-refractivity contribution is -0.671. The molecule has 0 aliphatic carbocycles. The number of nitrogens with zero attached hydrogens (tertiary/aromatic N) is 16. The van der Waals surface area contributed by atoms with Crippen LogP contribution in [0.2, 0.25) is 0 Å². The van der Waals surface area contributed by atoms with E-state index in [9.17, 15) is 17.3 Å². The fourth-order valence-electron chi connectivity index (χ4n) is 16.1. The Hall–Kier alpha value is -6.66. The van der Waals surface area contributed by atoms with Crippen LogP contribution in [0.25, 0.3) is 0 Å². The third-order valence-electron chi connectivity index (χ3n) is 24.2. The van der Waals surface area contributed by atoms with Crippen LogP contribution < -0.4 is 76.7 Å². The summed E-state index contributed by atoms with van der Waals surface area (Å²) in [5.74, 6) is 7.00. The van der Waals surface area contributed by atoms with Gasteiger partial charge in [-0.3, -0.25) is 0 Å². The minimum absolute atomic E-state index is 0.875. The van der Waals surface area contributed by atoms with Crippen molar-refractivity contribution in [2.24, 2.45) is 104 Å². The van der Waals surface area contributed by atoms with Crippen LogP contribution in [-0.2, 0) is 109 Å². The molecule has 8 aromatic rings. The Balaban J connectivity index is -0.000000760. The molecule has 0 N–H and O–H groups in total. The molecule has 0 aliphatic heterocycles. The van der Waals surface area contributed by atoms with Gasteiger partial charge in [0.2, 0.25) is 50.6 Å². The molecule has 0 saturated heterocycles. The average Bonchev–Trinajstić information content (AvgIpc) is 1.85. The molecule has 0 fully saturated rings. The minimum atomic E-state index is -3.17. The van der Waals surface area contributed by atoms with Gasteiger partial charge in [-0.05, 0) is 150 Å². The lowest BCUT2D eigenvalue weighted by Crippen LogP contribution is -2.39. The number of halogens is 4. The predicted molar refractivity (Wildman–Crippen MR) is 573 cm³/mol. The van der Waals surface area contributed by atoms with Gasteiger partial charge in [0.1, 0.15) is 129 Å². The largest absolute Gasteiger partial charge is 0.867 e. The Morgan fingerprint density at radius 2 is 0.236 bits per heavy atom. The molecular formula is C112H216B4F4N16O8. The molecule has 32 heteroatoms. The van der Waals surface area contributed by atoms with Gasteiger partial charge in [0.15, 0.2) is 0 Å². The molecule has 0 bridgehead atoms. The van der Waals surface area contributed by atoms with Gasteiger partial charge in [-0.1, -0.05) is 316 Å². The first-order valence-electron chi connectivity index (χ1n) is 56.3. The van der Waals surface area contributed by atoms with Crippen molar-refractivity contribution in [2.75, 3.05) is 0 Å². The van der Waals surface area contributed by atoms with E-state index in [4.69, 9.17) is 40.2 Å². The highest BCUT2D eigenvalue weighted by molar-refractivity contribution is 6.27. The summed E-state index contributed by atoms with van der Waals surface area (Å²) in [4.78, 5) is 0. The first kappa shape index (κ1) is 144. The van der Waals surface area contributed by atoms with Crippen molar-refractivity contribution in [3.8, 4) is 0 Å². The van der Waals surface area contributed by atoms with E-state index in [1.54, 1.807) is 0 Å². The van der Waals surface area contributed by atoms with Crippen molar-refractivity contribution >= 4 is 29.6 Å². The van der Waals surface area contributed by atoms with E-state index < -0.39 is 29.6 Å². The summed E-state index contributed by atoms with van der Waals surface area (Å²) in [7, 11) is 3.91. The van der Waals surface area contributed by atoms with Crippen LogP contribution in [0.15, 0.2) is 150 Å². The van der Waals surface area contributed by atoms with Crippen LogP contribution in [-0.4, -0.2) is 66.1 Å². The van der Waals surface area contributed by atoms with Gasteiger partial charge in [0, 0.05) is 0 Å². The molecule has 0 spiro atoms. The Morgan fingerprint density at radius 3 is 0.306 bits per heavy atom. The molecule has 24 nitrogen and oxygen atoms in total. The molecule has 8 rings (SSSR count). The second kappa shape index (κ2) is 101. The van der Waals surface area contributed by atoms with E-state index in [0.29, 0.717) is 0 Å². The Kier molecular flexibility index (Phi) is 101. The van der Waals surface area contributed by atoms with Crippen LogP contribution >= 0.6 is 0 Å². The fraction of sp³-hybridized carbons (Fsp3) is 0.786. The number of aromatic nitrogens is 16. The molecule has 8 heterocycles. The zero-order valence-corrected chi connectivity index (χ0v) is 96.3. The van der Waals surface area contributed by atoms with E-state index >= 15 is 0 Å². The highest BCUT2D eigenvalue weighted by Gasteiger charge is 2.10. The predicted octanol–water partition coefficient (Wildman–Crippen LogP) is 17.1. The van der Waals surface area contributed by atoms with Gasteiger partial charge in [-0.15, -0.1) is 0 Å². The lowest BCUT2D eigenvalue weighted by atomic mass is 10.0. The minimum Gasteiger partial charge on any atom is -0.867 e. The number of hydrogen-bond acceptors (Lipinski definition) is 8. The molecule has 0 saturated carbocycles. The molecule has 144 heavy (non-hydrogen) atoms. The van der Waals surface area contributed by atoms with E-state index in [1.807, 2.05) is 0 Å². The molecule has 832 valence electrons. The van der Waals surface area contributed by atoms with Gasteiger partial charge in [0.05, 0.1) is 109 Å². The zero-order valence-electron chi connectivity index (χ0n) is 96.3. The topological polar surface area (TPSA) is 255 Å². The standard InChI is InChI=1S/8C14H27N2.4BFO2/c8*1-14(2)9-7-5-4-6-8-10-16-12-11-15(3)13-16;4*2-1(3)4/h8*11-14H,4-10H2,1-3H3;;;;/q8*+1;4*-2. The maximum absolute atomic E-state index is 9.89. The summed E-state index contributed by atoms with van der Waals surface area (Å²) in [6.45, 7) is 46.4. The maximum atomic E-state index is 9.89. The monoisotopic (exact) mass is 2030 g/mol. The summed E-state index contributed by atoms with van der Waals surface area (Å²) < 4.78 is 74.5. The Labute approximate surface area is 880 Å². The average molecular weight is 2030 g/mol. The number of imidazole rings is 8. The normalized spacial score (nSPS) is 10.8. The zero-order chi connectivity index (χ0) is 109. The highest BCUT2D eigenvalue weighted by atomic mass is 19.1. The third kappa shape index (κ3) is 116. The van der Waals surface area contributed by atoms with Crippen LogP contribution in [0, 0.1) is 47.3 Å². The highest BCUT2D eigenvalue weighted by Crippen LogP contribution is 2.19. The second-order valence-electron chi connectivity index (χ2n) is 43.2. The van der Waals surface area contributed by atoms with E-state index in [2.05, 4.69) is 390 Å². The molecular weight excluding hydrogens is 1820 g/mol. The molecule has 0 aromatic carbocycles. The summed E-state index contributed by atoms with van der Waals surface area (Å²) in [6.07, 6.45) is 118. The summed E-state index contributed by atoms with van der Waals surface area (Å²) >= 11 is 0. The van der Waals surface area contributed by atoms with E-state index in [0.717, 1.165) is 47.3 Å². The molecule has 8 aromatic heterocycles. The van der Waals surface area contributed by atoms with Crippen molar-refractivity contribution in [3.05, 3.63) is 150 Å². The first-order chi connectivity index (χ1) is 68.4. The second-order valence-corrected chi connectivity index (χ2v) is 43.2. The van der Waals surface area contributed by atoms with Crippen molar-refractivity contribution in [3.63, 3.8) is 0 Å². The van der Waals surface area contributed by atoms with Gasteiger partial charge in [-0.2, -0.15) is 0 Å². The van der Waals surface area contributed by atoms with Gasteiger partial charge in [0.25, 0.3) is 0 Å². The Morgan fingerprint density at radius 1 is 0.160 bits per heavy atom. The van der Waals surface area contributed by atoms with Gasteiger partial charge in [-0.25, -0.2) is 73.1 Å². The molecule has 0 atom stereocenters. The molecule has 0 unspecified atom stereocenters. The number of hydrogen-bond donors (Lipinski definition) is 0.